The SMILES string of the molecule is CCCCCN(C)CCN(C)CCC(C)C. The Labute approximate surface area is 103 Å². The topological polar surface area (TPSA) is 6.48 Å². The highest BCUT2D eigenvalue weighted by Crippen LogP contribution is 2.01. The van der Waals surface area contributed by atoms with Crippen molar-refractivity contribution in [2.24, 2.45) is 5.92 Å². The normalized spacial score (nSPS) is 12.0. The Balaban J connectivity index is 3.39. The van der Waals surface area contributed by atoms with Crippen LogP contribution in [0.4, 0.5) is 0 Å². The van der Waals surface area contributed by atoms with Crippen LogP contribution >= 0.6 is 0 Å². The van der Waals surface area contributed by atoms with Gasteiger partial charge in [-0.15, -0.1) is 0 Å². The molecule has 0 bridgehead atoms. The summed E-state index contributed by atoms with van der Waals surface area (Å²) in [4.78, 5) is 4.91. The largest absolute Gasteiger partial charge is 0.305 e. The second kappa shape index (κ2) is 10.1. The van der Waals surface area contributed by atoms with Crippen LogP contribution in [-0.2, 0) is 0 Å². The van der Waals surface area contributed by atoms with Crippen LogP contribution in [0, 0.1) is 5.92 Å². The van der Waals surface area contributed by atoms with Crippen LogP contribution in [0.3, 0.4) is 0 Å². The maximum atomic E-state index is 2.46. The minimum Gasteiger partial charge on any atom is -0.305 e. The monoisotopic (exact) mass is 228 g/mol. The van der Waals surface area contributed by atoms with Crippen molar-refractivity contribution in [3.8, 4) is 0 Å². The summed E-state index contributed by atoms with van der Waals surface area (Å²) in [7, 11) is 4.48. The Hall–Kier alpha value is -0.0800. The molecule has 0 aromatic rings. The second-order valence-corrected chi connectivity index (χ2v) is 5.50. The summed E-state index contributed by atoms with van der Waals surface area (Å²) in [6.45, 7) is 11.8. The van der Waals surface area contributed by atoms with Crippen LogP contribution in [0.1, 0.15) is 46.5 Å². The molecule has 0 aliphatic carbocycles. The van der Waals surface area contributed by atoms with Crippen molar-refractivity contribution < 1.29 is 0 Å². The van der Waals surface area contributed by atoms with Gasteiger partial charge in [0.25, 0.3) is 0 Å². The molecule has 0 spiro atoms. The van der Waals surface area contributed by atoms with E-state index in [0.29, 0.717) is 0 Å². The van der Waals surface area contributed by atoms with Crippen LogP contribution in [0.25, 0.3) is 0 Å². The van der Waals surface area contributed by atoms with Gasteiger partial charge in [-0.2, -0.15) is 0 Å². The molecule has 0 aliphatic heterocycles. The highest BCUT2D eigenvalue weighted by molar-refractivity contribution is 4.58. The molecule has 98 valence electrons. The zero-order valence-corrected chi connectivity index (χ0v) is 12.1. The molecule has 0 saturated carbocycles. The second-order valence-electron chi connectivity index (χ2n) is 5.50. The first-order chi connectivity index (χ1) is 7.56. The van der Waals surface area contributed by atoms with Gasteiger partial charge in [0, 0.05) is 13.1 Å². The lowest BCUT2D eigenvalue weighted by Crippen LogP contribution is -2.32. The molecule has 0 unspecified atom stereocenters. The minimum absolute atomic E-state index is 0.824. The molecule has 16 heavy (non-hydrogen) atoms. The van der Waals surface area contributed by atoms with Gasteiger partial charge in [-0.3, -0.25) is 0 Å². The van der Waals surface area contributed by atoms with E-state index in [9.17, 15) is 0 Å². The van der Waals surface area contributed by atoms with Crippen LogP contribution in [0.2, 0.25) is 0 Å². The molecule has 0 saturated heterocycles. The first-order valence-corrected chi connectivity index (χ1v) is 6.93. The highest BCUT2D eigenvalue weighted by atomic mass is 15.2. The van der Waals surface area contributed by atoms with Gasteiger partial charge in [0.05, 0.1) is 0 Å². The van der Waals surface area contributed by atoms with Crippen molar-refractivity contribution in [3.05, 3.63) is 0 Å². The molecular weight excluding hydrogens is 196 g/mol. The fourth-order valence-corrected chi connectivity index (χ4v) is 1.68. The molecule has 0 rings (SSSR count). The maximum Gasteiger partial charge on any atom is 0.0106 e. The van der Waals surface area contributed by atoms with Crippen molar-refractivity contribution >= 4 is 0 Å². The highest BCUT2D eigenvalue weighted by Gasteiger charge is 2.03. The first kappa shape index (κ1) is 15.9. The summed E-state index contributed by atoms with van der Waals surface area (Å²) in [6, 6.07) is 0. The summed E-state index contributed by atoms with van der Waals surface area (Å²) in [6.07, 6.45) is 5.36. The number of hydrogen-bond acceptors (Lipinski definition) is 2. The molecule has 0 aromatic carbocycles. The Morgan fingerprint density at radius 1 is 0.812 bits per heavy atom. The number of rotatable bonds is 10. The third-order valence-electron chi connectivity index (χ3n) is 3.09. The molecule has 0 N–H and O–H groups in total. The van der Waals surface area contributed by atoms with E-state index in [-0.39, 0.29) is 0 Å². The standard InChI is InChI=1S/C14H32N2/c1-6-7-8-10-15(4)12-13-16(5)11-9-14(2)3/h14H,6-13H2,1-5H3. The number of unbranched alkanes of at least 4 members (excludes halogenated alkanes) is 2. The quantitative estimate of drug-likeness (QED) is 0.530. The van der Waals surface area contributed by atoms with Crippen LogP contribution in [-0.4, -0.2) is 50.1 Å². The Morgan fingerprint density at radius 2 is 1.38 bits per heavy atom. The lowest BCUT2D eigenvalue weighted by Gasteiger charge is -2.22. The zero-order valence-electron chi connectivity index (χ0n) is 12.1. The smallest absolute Gasteiger partial charge is 0.0106 e. The third kappa shape index (κ3) is 10.4. The van der Waals surface area contributed by atoms with Gasteiger partial charge in [-0.05, 0) is 45.9 Å². The van der Waals surface area contributed by atoms with Gasteiger partial charge in [0.15, 0.2) is 0 Å². The average Bonchev–Trinajstić information content (AvgIpc) is 2.24. The van der Waals surface area contributed by atoms with E-state index in [1.54, 1.807) is 0 Å². The fraction of sp³-hybridized carbons (Fsp3) is 1.00. The van der Waals surface area contributed by atoms with Crippen molar-refractivity contribution in [2.45, 2.75) is 46.5 Å². The summed E-state index contributed by atoms with van der Waals surface area (Å²) in [5.41, 5.74) is 0. The van der Waals surface area contributed by atoms with E-state index in [0.717, 1.165) is 5.92 Å². The Bertz CT molecular complexity index is 146. The van der Waals surface area contributed by atoms with Crippen molar-refractivity contribution in [2.75, 3.05) is 40.3 Å². The first-order valence-electron chi connectivity index (χ1n) is 6.93. The number of nitrogens with zero attached hydrogens (tertiary/aromatic N) is 2. The summed E-state index contributed by atoms with van der Waals surface area (Å²) < 4.78 is 0. The molecule has 0 radical (unpaired) electrons. The molecule has 0 aliphatic rings. The van der Waals surface area contributed by atoms with Crippen molar-refractivity contribution in [1.82, 2.24) is 9.80 Å². The zero-order chi connectivity index (χ0) is 12.4. The third-order valence-corrected chi connectivity index (χ3v) is 3.09. The molecule has 0 aromatic heterocycles. The average molecular weight is 228 g/mol. The van der Waals surface area contributed by atoms with Gasteiger partial charge in [-0.25, -0.2) is 0 Å². The van der Waals surface area contributed by atoms with Crippen molar-refractivity contribution in [3.63, 3.8) is 0 Å². The van der Waals surface area contributed by atoms with E-state index in [2.05, 4.69) is 44.7 Å². The van der Waals surface area contributed by atoms with E-state index < -0.39 is 0 Å². The van der Waals surface area contributed by atoms with Gasteiger partial charge in [0.1, 0.15) is 0 Å². The molecule has 2 nitrogen and oxygen atoms in total. The van der Waals surface area contributed by atoms with E-state index in [1.165, 1.54) is 51.9 Å². The summed E-state index contributed by atoms with van der Waals surface area (Å²) in [5, 5.41) is 0. The summed E-state index contributed by atoms with van der Waals surface area (Å²) >= 11 is 0. The van der Waals surface area contributed by atoms with E-state index in [1.807, 2.05) is 0 Å². The predicted molar refractivity (Wildman–Crippen MR) is 74.0 cm³/mol. The van der Waals surface area contributed by atoms with Gasteiger partial charge < -0.3 is 9.80 Å². The molecule has 0 amide bonds. The Kier molecular flexibility index (Phi) is 10.0. The molecule has 2 heteroatoms. The van der Waals surface area contributed by atoms with E-state index >= 15 is 0 Å². The van der Waals surface area contributed by atoms with Crippen LogP contribution in [0.5, 0.6) is 0 Å². The van der Waals surface area contributed by atoms with Gasteiger partial charge >= 0.3 is 0 Å². The van der Waals surface area contributed by atoms with Crippen molar-refractivity contribution in [1.29, 1.82) is 0 Å². The summed E-state index contributed by atoms with van der Waals surface area (Å²) in [5.74, 6) is 0.824. The lowest BCUT2D eigenvalue weighted by atomic mass is 10.1. The number of hydrogen-bond donors (Lipinski definition) is 0. The molecular formula is C14H32N2. The molecule has 0 atom stereocenters. The predicted octanol–water partition coefficient (Wildman–Crippen LogP) is 3.09. The van der Waals surface area contributed by atoms with Gasteiger partial charge in [0.2, 0.25) is 0 Å². The maximum absolute atomic E-state index is 2.46. The lowest BCUT2D eigenvalue weighted by molar-refractivity contribution is 0.245. The van der Waals surface area contributed by atoms with Gasteiger partial charge in [-0.1, -0.05) is 33.6 Å². The van der Waals surface area contributed by atoms with Crippen LogP contribution in [0.15, 0.2) is 0 Å². The van der Waals surface area contributed by atoms with Crippen LogP contribution < -0.4 is 0 Å². The number of likely N-dealkylation sites (N-methyl/N-ethyl adjacent to an activating group) is 2. The van der Waals surface area contributed by atoms with E-state index in [4.69, 9.17) is 0 Å². The minimum atomic E-state index is 0.824. The molecule has 0 fully saturated rings. The fourth-order valence-electron chi connectivity index (χ4n) is 1.68. The molecule has 0 heterocycles. The Morgan fingerprint density at radius 3 is 1.88 bits per heavy atom.